The normalized spacial score (nSPS) is 18.5. The SMILES string of the molecule is COc1ccc(C2(CC(C)CN)COC2)c(OC)c1. The van der Waals surface area contributed by atoms with E-state index in [1.165, 1.54) is 5.56 Å². The summed E-state index contributed by atoms with van der Waals surface area (Å²) in [7, 11) is 3.35. The van der Waals surface area contributed by atoms with E-state index in [0.717, 1.165) is 31.1 Å². The summed E-state index contributed by atoms with van der Waals surface area (Å²) in [5.74, 6) is 2.14. The van der Waals surface area contributed by atoms with E-state index in [1.54, 1.807) is 14.2 Å². The quantitative estimate of drug-likeness (QED) is 0.854. The highest BCUT2D eigenvalue weighted by atomic mass is 16.5. The summed E-state index contributed by atoms with van der Waals surface area (Å²) >= 11 is 0. The van der Waals surface area contributed by atoms with E-state index in [9.17, 15) is 0 Å². The van der Waals surface area contributed by atoms with Crippen LogP contribution >= 0.6 is 0 Å². The fourth-order valence-electron chi connectivity index (χ4n) is 2.72. The standard InChI is InChI=1S/C15H23NO3/c1-11(8-16)7-15(9-19-10-15)13-5-4-12(17-2)6-14(13)18-3/h4-6,11H,7-10,16H2,1-3H3. The minimum atomic E-state index is 0.0381. The average molecular weight is 265 g/mol. The van der Waals surface area contributed by atoms with E-state index in [4.69, 9.17) is 19.9 Å². The summed E-state index contributed by atoms with van der Waals surface area (Å²) in [6.07, 6.45) is 1.02. The topological polar surface area (TPSA) is 53.7 Å². The van der Waals surface area contributed by atoms with Gasteiger partial charge in [-0.15, -0.1) is 0 Å². The summed E-state index contributed by atoms with van der Waals surface area (Å²) in [5.41, 5.74) is 6.99. The lowest BCUT2D eigenvalue weighted by atomic mass is 9.72. The van der Waals surface area contributed by atoms with Crippen LogP contribution in [0.25, 0.3) is 0 Å². The average Bonchev–Trinajstić information content (AvgIpc) is 2.42. The lowest BCUT2D eigenvalue weighted by Gasteiger charge is -2.44. The molecule has 1 fully saturated rings. The summed E-state index contributed by atoms with van der Waals surface area (Å²) in [6, 6.07) is 6.00. The van der Waals surface area contributed by atoms with Crippen LogP contribution in [0.15, 0.2) is 18.2 Å². The molecule has 4 heteroatoms. The van der Waals surface area contributed by atoms with Gasteiger partial charge in [-0.2, -0.15) is 0 Å². The third-order valence-corrected chi connectivity index (χ3v) is 3.88. The number of hydrogen-bond donors (Lipinski definition) is 1. The van der Waals surface area contributed by atoms with Crippen LogP contribution in [-0.4, -0.2) is 34.0 Å². The molecule has 0 amide bonds. The minimum absolute atomic E-state index is 0.0381. The molecule has 2 rings (SSSR count). The molecule has 1 unspecified atom stereocenters. The molecule has 19 heavy (non-hydrogen) atoms. The predicted molar refractivity (Wildman–Crippen MR) is 74.9 cm³/mol. The molecule has 1 aromatic rings. The molecule has 0 radical (unpaired) electrons. The van der Waals surface area contributed by atoms with Gasteiger partial charge in [0.15, 0.2) is 0 Å². The third kappa shape index (κ3) is 2.69. The number of methoxy groups -OCH3 is 2. The van der Waals surface area contributed by atoms with Crippen LogP contribution in [0.1, 0.15) is 18.9 Å². The van der Waals surface area contributed by atoms with E-state index in [0.29, 0.717) is 12.5 Å². The smallest absolute Gasteiger partial charge is 0.126 e. The Kier molecular flexibility index (Phi) is 4.32. The van der Waals surface area contributed by atoms with Crippen molar-refractivity contribution in [2.45, 2.75) is 18.8 Å². The minimum Gasteiger partial charge on any atom is -0.497 e. The van der Waals surface area contributed by atoms with Crippen molar-refractivity contribution in [2.75, 3.05) is 34.0 Å². The van der Waals surface area contributed by atoms with Gasteiger partial charge in [-0.05, 0) is 24.9 Å². The van der Waals surface area contributed by atoms with E-state index in [1.807, 2.05) is 12.1 Å². The maximum atomic E-state index is 5.76. The Balaban J connectivity index is 2.32. The number of benzene rings is 1. The first-order chi connectivity index (χ1) is 9.15. The van der Waals surface area contributed by atoms with Gasteiger partial charge in [0.2, 0.25) is 0 Å². The Labute approximate surface area is 114 Å². The lowest BCUT2D eigenvalue weighted by Crippen LogP contribution is -2.48. The van der Waals surface area contributed by atoms with E-state index in [-0.39, 0.29) is 5.41 Å². The Morgan fingerprint density at radius 1 is 1.32 bits per heavy atom. The van der Waals surface area contributed by atoms with Crippen molar-refractivity contribution >= 4 is 0 Å². The molecule has 0 bridgehead atoms. The summed E-state index contributed by atoms with van der Waals surface area (Å²) in [5, 5.41) is 0. The van der Waals surface area contributed by atoms with Gasteiger partial charge in [0.05, 0.1) is 27.4 Å². The maximum Gasteiger partial charge on any atom is 0.126 e. The number of hydrogen-bond acceptors (Lipinski definition) is 4. The lowest BCUT2D eigenvalue weighted by molar-refractivity contribution is -0.0710. The van der Waals surface area contributed by atoms with E-state index in [2.05, 4.69) is 13.0 Å². The molecule has 1 aliphatic heterocycles. The first kappa shape index (κ1) is 14.2. The van der Waals surface area contributed by atoms with Gasteiger partial charge in [-0.3, -0.25) is 0 Å². The molecule has 4 nitrogen and oxygen atoms in total. The zero-order valence-corrected chi connectivity index (χ0v) is 11.9. The van der Waals surface area contributed by atoms with Gasteiger partial charge in [-0.1, -0.05) is 13.0 Å². The van der Waals surface area contributed by atoms with Gasteiger partial charge >= 0.3 is 0 Å². The Morgan fingerprint density at radius 3 is 2.53 bits per heavy atom. The van der Waals surface area contributed by atoms with Crippen LogP contribution in [0.3, 0.4) is 0 Å². The molecule has 106 valence electrons. The summed E-state index contributed by atoms with van der Waals surface area (Å²) in [4.78, 5) is 0. The number of ether oxygens (including phenoxy) is 3. The molecule has 2 N–H and O–H groups in total. The Hall–Kier alpha value is -1.26. The van der Waals surface area contributed by atoms with Gasteiger partial charge in [0.25, 0.3) is 0 Å². The van der Waals surface area contributed by atoms with Crippen LogP contribution in [0.2, 0.25) is 0 Å². The van der Waals surface area contributed by atoms with Gasteiger partial charge in [-0.25, -0.2) is 0 Å². The van der Waals surface area contributed by atoms with Crippen molar-refractivity contribution < 1.29 is 14.2 Å². The first-order valence-corrected chi connectivity index (χ1v) is 6.65. The van der Waals surface area contributed by atoms with Crippen molar-refractivity contribution in [3.63, 3.8) is 0 Å². The van der Waals surface area contributed by atoms with E-state index < -0.39 is 0 Å². The highest BCUT2D eigenvalue weighted by Gasteiger charge is 2.43. The second-order valence-electron chi connectivity index (χ2n) is 5.38. The summed E-state index contributed by atoms with van der Waals surface area (Å²) < 4.78 is 16.2. The van der Waals surface area contributed by atoms with Gasteiger partial charge < -0.3 is 19.9 Å². The largest absolute Gasteiger partial charge is 0.497 e. The second-order valence-corrected chi connectivity index (χ2v) is 5.38. The molecule has 0 aliphatic carbocycles. The fraction of sp³-hybridized carbons (Fsp3) is 0.600. The second kappa shape index (κ2) is 5.80. The first-order valence-electron chi connectivity index (χ1n) is 6.65. The Bertz CT molecular complexity index is 429. The van der Waals surface area contributed by atoms with Crippen LogP contribution in [-0.2, 0) is 10.2 Å². The third-order valence-electron chi connectivity index (χ3n) is 3.88. The zero-order chi connectivity index (χ0) is 13.9. The molecule has 0 saturated carbocycles. The van der Waals surface area contributed by atoms with E-state index >= 15 is 0 Å². The van der Waals surface area contributed by atoms with Gasteiger partial charge in [0, 0.05) is 17.0 Å². The predicted octanol–water partition coefficient (Wildman–Crippen LogP) is 1.96. The molecular weight excluding hydrogens is 242 g/mol. The zero-order valence-electron chi connectivity index (χ0n) is 11.9. The number of rotatable bonds is 6. The Morgan fingerprint density at radius 2 is 2.05 bits per heavy atom. The van der Waals surface area contributed by atoms with Crippen LogP contribution in [0, 0.1) is 5.92 Å². The van der Waals surface area contributed by atoms with Crippen LogP contribution in [0.4, 0.5) is 0 Å². The van der Waals surface area contributed by atoms with Crippen molar-refractivity contribution in [1.82, 2.24) is 0 Å². The maximum absolute atomic E-state index is 5.76. The fourth-order valence-corrected chi connectivity index (χ4v) is 2.72. The molecule has 0 aromatic heterocycles. The molecule has 1 atom stereocenters. The van der Waals surface area contributed by atoms with Crippen molar-refractivity contribution in [3.05, 3.63) is 23.8 Å². The van der Waals surface area contributed by atoms with Crippen molar-refractivity contribution in [1.29, 1.82) is 0 Å². The highest BCUT2D eigenvalue weighted by molar-refractivity contribution is 5.46. The molecule has 1 saturated heterocycles. The van der Waals surface area contributed by atoms with Crippen LogP contribution in [0.5, 0.6) is 11.5 Å². The molecule has 1 aliphatic rings. The van der Waals surface area contributed by atoms with Crippen molar-refractivity contribution in [2.24, 2.45) is 11.7 Å². The molecule has 0 spiro atoms. The molecular formula is C15H23NO3. The summed E-state index contributed by atoms with van der Waals surface area (Å²) in [6.45, 7) is 4.34. The van der Waals surface area contributed by atoms with Crippen molar-refractivity contribution in [3.8, 4) is 11.5 Å². The number of nitrogens with two attached hydrogens (primary N) is 1. The monoisotopic (exact) mass is 265 g/mol. The molecule has 1 aromatic carbocycles. The molecule has 1 heterocycles. The highest BCUT2D eigenvalue weighted by Crippen LogP contribution is 2.43. The van der Waals surface area contributed by atoms with Gasteiger partial charge in [0.1, 0.15) is 11.5 Å². The van der Waals surface area contributed by atoms with Crippen LogP contribution < -0.4 is 15.2 Å².